The Morgan fingerprint density at radius 2 is 0.905 bits per heavy atom. The Labute approximate surface area is 132 Å². The molecule has 0 spiro atoms. The fraction of sp³-hybridized carbons (Fsp3) is 1.00. The minimum atomic E-state index is -0.0543. The van der Waals surface area contributed by atoms with Crippen LogP contribution in [0.25, 0.3) is 0 Å². The van der Waals surface area contributed by atoms with E-state index in [2.05, 4.69) is 0 Å². The molecule has 0 atom stereocenters. The van der Waals surface area contributed by atoms with Crippen LogP contribution in [0, 0.1) is 0 Å². The quantitative estimate of drug-likeness (QED) is 0.515. The van der Waals surface area contributed by atoms with Gasteiger partial charge in [-0.05, 0) is 69.2 Å². The molecule has 0 aliphatic rings. The molecule has 0 amide bonds. The van der Waals surface area contributed by atoms with Gasteiger partial charge in [0, 0.05) is 0 Å². The van der Waals surface area contributed by atoms with Gasteiger partial charge in [-0.2, -0.15) is 0 Å². The van der Waals surface area contributed by atoms with Crippen molar-refractivity contribution in [1.29, 1.82) is 0 Å². The molecule has 4 nitrogen and oxygen atoms in total. The van der Waals surface area contributed by atoms with E-state index in [0.29, 0.717) is 20.0 Å². The van der Waals surface area contributed by atoms with Crippen LogP contribution in [0.2, 0.25) is 0 Å². The highest BCUT2D eigenvalue weighted by Gasteiger charge is 2.12. The molecule has 0 fully saturated rings. The van der Waals surface area contributed by atoms with E-state index in [0.717, 1.165) is 0 Å². The number of hydrogen-bond donors (Lipinski definition) is 0. The summed E-state index contributed by atoms with van der Waals surface area (Å²) < 4.78 is 21.3. The largest absolute Gasteiger partial charge is 0.373 e. The molecule has 0 aliphatic heterocycles. The zero-order valence-corrected chi connectivity index (χ0v) is 15.9. The number of rotatable bonds is 7. The second kappa shape index (κ2) is 11.4. The first-order valence-electron chi connectivity index (χ1n) is 7.84. The van der Waals surface area contributed by atoms with Crippen LogP contribution < -0.4 is 0 Å². The summed E-state index contributed by atoms with van der Waals surface area (Å²) in [6, 6.07) is 0. The summed E-state index contributed by atoms with van der Waals surface area (Å²) in [5, 5.41) is 0. The second-order valence-corrected chi connectivity index (χ2v) is 7.47. The van der Waals surface area contributed by atoms with E-state index in [1.165, 1.54) is 0 Å². The van der Waals surface area contributed by atoms with Crippen LogP contribution >= 0.6 is 0 Å². The SMILES string of the molecule is CC(C)(C)OCCOC(C)(C)C.CC(C)OCOC(C)C. The minimum Gasteiger partial charge on any atom is -0.373 e. The second-order valence-electron chi connectivity index (χ2n) is 7.47. The minimum absolute atomic E-state index is 0.0543. The molecule has 0 aromatic heterocycles. The van der Waals surface area contributed by atoms with Gasteiger partial charge in [0.15, 0.2) is 0 Å². The third-order valence-electron chi connectivity index (χ3n) is 1.96. The van der Waals surface area contributed by atoms with E-state index in [4.69, 9.17) is 18.9 Å². The summed E-state index contributed by atoms with van der Waals surface area (Å²) in [6.07, 6.45) is 0.535. The predicted octanol–water partition coefficient (Wildman–Crippen LogP) is 4.41. The maximum atomic E-state index is 5.50. The molecule has 0 rings (SSSR count). The first-order valence-corrected chi connectivity index (χ1v) is 7.84. The van der Waals surface area contributed by atoms with E-state index in [1.807, 2.05) is 69.2 Å². The number of hydrogen-bond acceptors (Lipinski definition) is 4. The molecule has 0 heterocycles. The fourth-order valence-electron chi connectivity index (χ4n) is 1.01. The predicted molar refractivity (Wildman–Crippen MR) is 88.7 cm³/mol. The Kier molecular flexibility index (Phi) is 12.6. The van der Waals surface area contributed by atoms with Crippen LogP contribution in [0.4, 0.5) is 0 Å². The molecule has 0 unspecified atom stereocenters. The molecule has 21 heavy (non-hydrogen) atoms. The van der Waals surface area contributed by atoms with Gasteiger partial charge in [-0.25, -0.2) is 0 Å². The molecule has 0 radical (unpaired) electrons. The van der Waals surface area contributed by atoms with Gasteiger partial charge in [-0.1, -0.05) is 0 Å². The first-order chi connectivity index (χ1) is 9.33. The summed E-state index contributed by atoms with van der Waals surface area (Å²) in [4.78, 5) is 0. The zero-order chi connectivity index (χ0) is 17.1. The molecule has 0 N–H and O–H groups in total. The van der Waals surface area contributed by atoms with Crippen molar-refractivity contribution in [3.05, 3.63) is 0 Å². The molecular formula is C17H38O4. The normalized spacial score (nSPS) is 12.6. The molecule has 4 heteroatoms. The summed E-state index contributed by atoms with van der Waals surface area (Å²) in [6.45, 7) is 22.0. The van der Waals surface area contributed by atoms with E-state index in [-0.39, 0.29) is 23.4 Å². The Balaban J connectivity index is 0. The molecule has 0 aromatic carbocycles. The summed E-state index contributed by atoms with van der Waals surface area (Å²) in [7, 11) is 0. The van der Waals surface area contributed by atoms with Crippen LogP contribution in [0.15, 0.2) is 0 Å². The Bertz CT molecular complexity index is 200. The molecule has 0 saturated heterocycles. The molecule has 0 aliphatic carbocycles. The maximum Gasteiger partial charge on any atom is 0.147 e. The van der Waals surface area contributed by atoms with Gasteiger partial charge >= 0.3 is 0 Å². The molecule has 130 valence electrons. The van der Waals surface area contributed by atoms with Gasteiger partial charge in [0.25, 0.3) is 0 Å². The van der Waals surface area contributed by atoms with E-state index >= 15 is 0 Å². The average molecular weight is 306 g/mol. The lowest BCUT2D eigenvalue weighted by Crippen LogP contribution is -2.26. The number of ether oxygens (including phenoxy) is 4. The van der Waals surface area contributed by atoms with Crippen molar-refractivity contribution in [2.75, 3.05) is 20.0 Å². The van der Waals surface area contributed by atoms with Crippen LogP contribution in [-0.4, -0.2) is 43.4 Å². The standard InChI is InChI=1S/C10H22O2.C7H16O2/c1-9(2,3)11-7-8-12-10(4,5)6;1-6(2)8-5-9-7(3)4/h7-8H2,1-6H3;6-7H,5H2,1-4H3. The third-order valence-corrected chi connectivity index (χ3v) is 1.96. The van der Waals surface area contributed by atoms with Gasteiger partial charge in [-0.15, -0.1) is 0 Å². The molecule has 0 aromatic rings. The van der Waals surface area contributed by atoms with Gasteiger partial charge < -0.3 is 18.9 Å². The Hall–Kier alpha value is -0.160. The van der Waals surface area contributed by atoms with Gasteiger partial charge in [0.05, 0.1) is 36.6 Å². The fourth-order valence-corrected chi connectivity index (χ4v) is 1.01. The van der Waals surface area contributed by atoms with Crippen molar-refractivity contribution >= 4 is 0 Å². The van der Waals surface area contributed by atoms with E-state index < -0.39 is 0 Å². The van der Waals surface area contributed by atoms with Crippen molar-refractivity contribution in [2.45, 2.75) is 92.6 Å². The highest BCUT2D eigenvalue weighted by Crippen LogP contribution is 2.09. The van der Waals surface area contributed by atoms with Crippen molar-refractivity contribution in [3.8, 4) is 0 Å². The third kappa shape index (κ3) is 28.7. The highest BCUT2D eigenvalue weighted by molar-refractivity contribution is 4.60. The Morgan fingerprint density at radius 3 is 1.10 bits per heavy atom. The summed E-state index contributed by atoms with van der Waals surface area (Å²) >= 11 is 0. The van der Waals surface area contributed by atoms with Crippen LogP contribution in [0.5, 0.6) is 0 Å². The van der Waals surface area contributed by atoms with Gasteiger partial charge in [-0.3, -0.25) is 0 Å². The first kappa shape index (κ1) is 23.1. The van der Waals surface area contributed by atoms with E-state index in [1.54, 1.807) is 0 Å². The maximum absolute atomic E-state index is 5.50. The lowest BCUT2D eigenvalue weighted by atomic mass is 10.2. The zero-order valence-electron chi connectivity index (χ0n) is 15.9. The van der Waals surface area contributed by atoms with Crippen molar-refractivity contribution in [2.24, 2.45) is 0 Å². The van der Waals surface area contributed by atoms with Crippen LogP contribution in [0.3, 0.4) is 0 Å². The monoisotopic (exact) mass is 306 g/mol. The summed E-state index contributed by atoms with van der Waals surface area (Å²) in [5.41, 5.74) is -0.109. The lowest BCUT2D eigenvalue weighted by molar-refractivity contribution is -0.0994. The van der Waals surface area contributed by atoms with Crippen molar-refractivity contribution < 1.29 is 18.9 Å². The van der Waals surface area contributed by atoms with Crippen LogP contribution in [-0.2, 0) is 18.9 Å². The average Bonchev–Trinajstić information content (AvgIpc) is 2.22. The lowest BCUT2D eigenvalue weighted by Gasteiger charge is -2.23. The van der Waals surface area contributed by atoms with Crippen molar-refractivity contribution in [1.82, 2.24) is 0 Å². The van der Waals surface area contributed by atoms with Gasteiger partial charge in [0.1, 0.15) is 6.79 Å². The molecular weight excluding hydrogens is 268 g/mol. The molecule has 0 bridgehead atoms. The van der Waals surface area contributed by atoms with E-state index in [9.17, 15) is 0 Å². The van der Waals surface area contributed by atoms with Crippen LogP contribution in [0.1, 0.15) is 69.2 Å². The molecule has 0 saturated carbocycles. The Morgan fingerprint density at radius 1 is 0.619 bits per heavy atom. The topological polar surface area (TPSA) is 36.9 Å². The summed E-state index contributed by atoms with van der Waals surface area (Å²) in [5.74, 6) is 0. The van der Waals surface area contributed by atoms with Crippen molar-refractivity contribution in [3.63, 3.8) is 0 Å². The smallest absolute Gasteiger partial charge is 0.147 e. The van der Waals surface area contributed by atoms with Gasteiger partial charge in [0.2, 0.25) is 0 Å². The highest BCUT2D eigenvalue weighted by atomic mass is 16.7.